The second-order valence-corrected chi connectivity index (χ2v) is 8.81. The van der Waals surface area contributed by atoms with Crippen molar-refractivity contribution in [2.75, 3.05) is 10.2 Å². The molecule has 0 fully saturated rings. The lowest BCUT2D eigenvalue weighted by Gasteiger charge is -2.20. The molecular formula is C24H18ClFN4O2S. The molecule has 3 aromatic rings. The Bertz CT molecular complexity index is 1230. The van der Waals surface area contributed by atoms with Crippen molar-refractivity contribution in [2.45, 2.75) is 12.2 Å². The first-order valence-electron chi connectivity index (χ1n) is 9.95. The van der Waals surface area contributed by atoms with Gasteiger partial charge in [0.25, 0.3) is 5.91 Å². The molecule has 0 bridgehead atoms. The van der Waals surface area contributed by atoms with Crippen LogP contribution < -0.4 is 10.2 Å². The lowest BCUT2D eigenvalue weighted by Crippen LogP contribution is -2.33. The highest BCUT2D eigenvalue weighted by atomic mass is 35.5. The number of rotatable bonds is 5. The standard InChI is InChI=1S/C24H18ClFN4O2S/c1-15(22(31)29-21-12-7-17(25)14-27-21)33-24-28-20(13-16-5-3-2-4-6-16)23(32)30(24)19-10-8-18(26)9-11-19/h2-15H,1H3,(H,27,29,31)/b20-13-. The Morgan fingerprint density at radius 1 is 1.12 bits per heavy atom. The second kappa shape index (κ2) is 9.97. The van der Waals surface area contributed by atoms with Gasteiger partial charge in [-0.1, -0.05) is 53.7 Å². The molecule has 2 heterocycles. The van der Waals surface area contributed by atoms with E-state index in [0.717, 1.165) is 17.3 Å². The van der Waals surface area contributed by atoms with Crippen LogP contribution in [-0.2, 0) is 9.59 Å². The Labute approximate surface area is 199 Å². The van der Waals surface area contributed by atoms with Crippen molar-refractivity contribution in [3.05, 3.63) is 95.0 Å². The Morgan fingerprint density at radius 3 is 2.52 bits per heavy atom. The van der Waals surface area contributed by atoms with Crippen molar-refractivity contribution in [1.82, 2.24) is 4.98 Å². The molecule has 2 aromatic carbocycles. The van der Waals surface area contributed by atoms with Gasteiger partial charge in [-0.3, -0.25) is 14.5 Å². The predicted molar refractivity (Wildman–Crippen MR) is 131 cm³/mol. The molecule has 1 N–H and O–H groups in total. The number of aliphatic imine (C=N–C) groups is 1. The van der Waals surface area contributed by atoms with Crippen molar-refractivity contribution in [3.63, 3.8) is 0 Å². The third-order valence-corrected chi connectivity index (χ3v) is 5.92. The number of nitrogens with one attached hydrogen (secondary N) is 1. The first-order chi connectivity index (χ1) is 15.9. The summed E-state index contributed by atoms with van der Waals surface area (Å²) in [6.07, 6.45) is 3.11. The first-order valence-corrected chi connectivity index (χ1v) is 11.2. The van der Waals surface area contributed by atoms with E-state index in [4.69, 9.17) is 11.6 Å². The zero-order chi connectivity index (χ0) is 23.4. The number of carbonyl (C=O) groups excluding carboxylic acids is 2. The molecule has 1 aliphatic heterocycles. The highest BCUT2D eigenvalue weighted by Gasteiger charge is 2.34. The minimum atomic E-state index is -0.604. The predicted octanol–water partition coefficient (Wildman–Crippen LogP) is 5.38. The molecule has 166 valence electrons. The molecule has 0 spiro atoms. The molecular weight excluding hydrogens is 463 g/mol. The molecule has 0 aliphatic carbocycles. The number of halogens is 2. The van der Waals surface area contributed by atoms with Gasteiger partial charge in [0, 0.05) is 6.20 Å². The molecule has 1 atom stereocenters. The summed E-state index contributed by atoms with van der Waals surface area (Å²) in [4.78, 5) is 35.8. The fraction of sp³-hybridized carbons (Fsp3) is 0.0833. The molecule has 0 radical (unpaired) electrons. The number of pyridine rings is 1. The van der Waals surface area contributed by atoms with Crippen LogP contribution in [0.3, 0.4) is 0 Å². The van der Waals surface area contributed by atoms with Crippen molar-refractivity contribution in [3.8, 4) is 0 Å². The summed E-state index contributed by atoms with van der Waals surface area (Å²) in [5, 5.41) is 2.89. The van der Waals surface area contributed by atoms with Gasteiger partial charge in [-0.2, -0.15) is 0 Å². The number of benzene rings is 2. The minimum Gasteiger partial charge on any atom is -0.310 e. The molecule has 1 aromatic heterocycles. The maximum atomic E-state index is 13.5. The zero-order valence-corrected chi connectivity index (χ0v) is 19.0. The normalized spacial score (nSPS) is 15.5. The Hall–Kier alpha value is -3.49. The number of amides is 2. The lowest BCUT2D eigenvalue weighted by molar-refractivity contribution is -0.115. The van der Waals surface area contributed by atoms with E-state index in [0.29, 0.717) is 21.7 Å². The van der Waals surface area contributed by atoms with Crippen molar-refractivity contribution < 1.29 is 14.0 Å². The number of amidine groups is 1. The van der Waals surface area contributed by atoms with E-state index in [-0.39, 0.29) is 17.5 Å². The molecule has 2 amide bonds. The number of aromatic nitrogens is 1. The fourth-order valence-corrected chi connectivity index (χ4v) is 4.03. The molecule has 6 nitrogen and oxygen atoms in total. The van der Waals surface area contributed by atoms with Gasteiger partial charge in [0.1, 0.15) is 17.3 Å². The van der Waals surface area contributed by atoms with Gasteiger partial charge in [0.2, 0.25) is 5.91 Å². The van der Waals surface area contributed by atoms with Gasteiger partial charge < -0.3 is 5.32 Å². The molecule has 33 heavy (non-hydrogen) atoms. The van der Waals surface area contributed by atoms with Crippen LogP contribution in [0.4, 0.5) is 15.9 Å². The van der Waals surface area contributed by atoms with Gasteiger partial charge in [-0.05, 0) is 55.0 Å². The van der Waals surface area contributed by atoms with E-state index in [2.05, 4.69) is 15.3 Å². The summed E-state index contributed by atoms with van der Waals surface area (Å²) in [5.74, 6) is -0.731. The van der Waals surface area contributed by atoms with Crippen LogP contribution in [0, 0.1) is 5.82 Å². The highest BCUT2D eigenvalue weighted by Crippen LogP contribution is 2.31. The number of nitrogens with zero attached hydrogens (tertiary/aromatic N) is 3. The van der Waals surface area contributed by atoms with Gasteiger partial charge in [-0.15, -0.1) is 0 Å². The van der Waals surface area contributed by atoms with Crippen LogP contribution in [0.1, 0.15) is 12.5 Å². The van der Waals surface area contributed by atoms with Gasteiger partial charge in [0.15, 0.2) is 5.17 Å². The number of hydrogen-bond donors (Lipinski definition) is 1. The van der Waals surface area contributed by atoms with Crippen molar-refractivity contribution >= 4 is 57.9 Å². The van der Waals surface area contributed by atoms with Gasteiger partial charge >= 0.3 is 0 Å². The van der Waals surface area contributed by atoms with Crippen LogP contribution >= 0.6 is 23.4 Å². The van der Waals surface area contributed by atoms with Crippen LogP contribution in [0.25, 0.3) is 6.08 Å². The number of thioether (sulfide) groups is 1. The average Bonchev–Trinajstić information content (AvgIpc) is 3.11. The van der Waals surface area contributed by atoms with E-state index in [1.807, 2.05) is 30.3 Å². The molecule has 0 saturated carbocycles. The topological polar surface area (TPSA) is 74.7 Å². The van der Waals surface area contributed by atoms with Gasteiger partial charge in [-0.25, -0.2) is 14.4 Å². The molecule has 0 saturated heterocycles. The van der Waals surface area contributed by atoms with E-state index in [9.17, 15) is 14.0 Å². The molecule has 9 heteroatoms. The van der Waals surface area contributed by atoms with E-state index in [1.165, 1.54) is 35.4 Å². The molecule has 1 unspecified atom stereocenters. The second-order valence-electron chi connectivity index (χ2n) is 7.06. The Kier molecular flexibility index (Phi) is 6.86. The third kappa shape index (κ3) is 5.47. The SMILES string of the molecule is CC(SC1=N/C(=C\c2ccccc2)C(=O)N1c1ccc(F)cc1)C(=O)Nc1ccc(Cl)cn1. The van der Waals surface area contributed by atoms with E-state index < -0.39 is 11.1 Å². The van der Waals surface area contributed by atoms with E-state index in [1.54, 1.807) is 25.1 Å². The number of hydrogen-bond acceptors (Lipinski definition) is 5. The summed E-state index contributed by atoms with van der Waals surface area (Å²) < 4.78 is 13.5. The molecule has 1 aliphatic rings. The number of carbonyl (C=O) groups is 2. The molecule has 4 rings (SSSR count). The van der Waals surface area contributed by atoms with E-state index >= 15 is 0 Å². The van der Waals surface area contributed by atoms with Crippen molar-refractivity contribution in [1.29, 1.82) is 0 Å². The summed E-state index contributed by atoms with van der Waals surface area (Å²) in [7, 11) is 0. The van der Waals surface area contributed by atoms with Crippen LogP contribution in [0.2, 0.25) is 5.02 Å². The minimum absolute atomic E-state index is 0.222. The van der Waals surface area contributed by atoms with Crippen LogP contribution in [-0.4, -0.2) is 27.2 Å². The monoisotopic (exact) mass is 480 g/mol. The smallest absolute Gasteiger partial charge is 0.283 e. The quantitative estimate of drug-likeness (QED) is 0.497. The maximum absolute atomic E-state index is 13.5. The third-order valence-electron chi connectivity index (χ3n) is 4.65. The summed E-state index contributed by atoms with van der Waals surface area (Å²) in [6.45, 7) is 1.70. The summed E-state index contributed by atoms with van der Waals surface area (Å²) >= 11 is 6.95. The summed E-state index contributed by atoms with van der Waals surface area (Å²) in [5.41, 5.74) is 1.49. The van der Waals surface area contributed by atoms with Crippen molar-refractivity contribution in [2.24, 2.45) is 4.99 Å². The first kappa shape index (κ1) is 22.7. The highest BCUT2D eigenvalue weighted by molar-refractivity contribution is 8.15. The van der Waals surface area contributed by atoms with Crippen LogP contribution in [0.15, 0.2) is 83.6 Å². The lowest BCUT2D eigenvalue weighted by atomic mass is 10.2. The largest absolute Gasteiger partial charge is 0.310 e. The Morgan fingerprint density at radius 2 is 1.85 bits per heavy atom. The fourth-order valence-electron chi connectivity index (χ4n) is 2.99. The average molecular weight is 481 g/mol. The Balaban J connectivity index is 1.60. The summed E-state index contributed by atoms with van der Waals surface area (Å²) in [6, 6.07) is 18.1. The zero-order valence-electron chi connectivity index (χ0n) is 17.4. The van der Waals surface area contributed by atoms with Gasteiger partial charge in [0.05, 0.1) is 16.0 Å². The van der Waals surface area contributed by atoms with Crippen LogP contribution in [0.5, 0.6) is 0 Å². The number of anilines is 2. The maximum Gasteiger partial charge on any atom is 0.283 e.